The fourth-order valence-electron chi connectivity index (χ4n) is 1.88. The van der Waals surface area contributed by atoms with Gasteiger partial charge in [-0.2, -0.15) is 5.10 Å². The third-order valence-electron chi connectivity index (χ3n) is 2.82. The molecule has 0 radical (unpaired) electrons. The Morgan fingerprint density at radius 3 is 2.05 bits per heavy atom. The summed E-state index contributed by atoms with van der Waals surface area (Å²) in [6, 6.07) is 18.3. The van der Waals surface area contributed by atoms with Crippen molar-refractivity contribution in [2.45, 2.75) is 0 Å². The number of benzene rings is 2. The molecule has 0 saturated carbocycles. The van der Waals surface area contributed by atoms with E-state index in [9.17, 15) is 0 Å². The maximum atomic E-state index is 5.74. The standard InChI is InChI=1S/C15H10ClN3/c16-15-18-14(10-17-19-15)13-8-6-12(7-9-13)11-4-2-1-3-5-11/h1-10H. The van der Waals surface area contributed by atoms with Crippen LogP contribution in [0.5, 0.6) is 0 Å². The molecule has 0 unspecified atom stereocenters. The Balaban J connectivity index is 1.95. The summed E-state index contributed by atoms with van der Waals surface area (Å²) in [6.45, 7) is 0. The molecule has 0 aliphatic carbocycles. The number of hydrogen-bond donors (Lipinski definition) is 0. The molecule has 3 nitrogen and oxygen atoms in total. The summed E-state index contributed by atoms with van der Waals surface area (Å²) in [4.78, 5) is 4.14. The summed E-state index contributed by atoms with van der Waals surface area (Å²) >= 11 is 5.74. The van der Waals surface area contributed by atoms with E-state index < -0.39 is 0 Å². The normalized spacial score (nSPS) is 10.4. The lowest BCUT2D eigenvalue weighted by Gasteiger charge is -2.03. The molecule has 2 aromatic carbocycles. The fraction of sp³-hybridized carbons (Fsp3) is 0. The summed E-state index contributed by atoms with van der Waals surface area (Å²) in [5.41, 5.74) is 4.04. The molecule has 0 aliphatic rings. The van der Waals surface area contributed by atoms with Gasteiger partial charge in [0.1, 0.15) is 0 Å². The zero-order valence-electron chi connectivity index (χ0n) is 9.99. The predicted octanol–water partition coefficient (Wildman–Crippen LogP) is 3.86. The molecule has 1 heterocycles. The van der Waals surface area contributed by atoms with Crippen molar-refractivity contribution < 1.29 is 0 Å². The topological polar surface area (TPSA) is 38.7 Å². The molecule has 1 aromatic heterocycles. The summed E-state index contributed by atoms with van der Waals surface area (Å²) in [6.07, 6.45) is 1.60. The molecule has 0 spiro atoms. The molecule has 0 atom stereocenters. The summed E-state index contributed by atoms with van der Waals surface area (Å²) in [7, 11) is 0. The van der Waals surface area contributed by atoms with Crippen molar-refractivity contribution in [3.8, 4) is 22.4 Å². The van der Waals surface area contributed by atoms with Crippen LogP contribution in [-0.2, 0) is 0 Å². The van der Waals surface area contributed by atoms with Gasteiger partial charge in [0.2, 0.25) is 5.28 Å². The van der Waals surface area contributed by atoms with Crippen LogP contribution in [0.15, 0.2) is 60.8 Å². The van der Waals surface area contributed by atoms with Gasteiger partial charge in [0.15, 0.2) is 0 Å². The van der Waals surface area contributed by atoms with Crippen LogP contribution in [0, 0.1) is 0 Å². The van der Waals surface area contributed by atoms with E-state index in [0.717, 1.165) is 16.8 Å². The van der Waals surface area contributed by atoms with Crippen molar-refractivity contribution in [1.29, 1.82) is 0 Å². The average Bonchev–Trinajstić information content (AvgIpc) is 2.48. The lowest BCUT2D eigenvalue weighted by molar-refractivity contribution is 0.975. The third-order valence-corrected chi connectivity index (χ3v) is 2.98. The average molecular weight is 268 g/mol. The van der Waals surface area contributed by atoms with E-state index >= 15 is 0 Å². The van der Waals surface area contributed by atoms with E-state index in [1.54, 1.807) is 6.20 Å². The number of nitrogens with zero attached hydrogens (tertiary/aromatic N) is 3. The van der Waals surface area contributed by atoms with Crippen molar-refractivity contribution in [3.05, 3.63) is 66.1 Å². The Morgan fingerprint density at radius 1 is 0.737 bits per heavy atom. The Kier molecular flexibility index (Phi) is 3.21. The maximum absolute atomic E-state index is 5.74. The Morgan fingerprint density at radius 2 is 1.37 bits per heavy atom. The van der Waals surface area contributed by atoms with E-state index in [-0.39, 0.29) is 5.28 Å². The van der Waals surface area contributed by atoms with Gasteiger partial charge in [-0.05, 0) is 22.7 Å². The minimum atomic E-state index is 0.157. The van der Waals surface area contributed by atoms with Crippen LogP contribution in [0.2, 0.25) is 5.28 Å². The van der Waals surface area contributed by atoms with Gasteiger partial charge in [0.05, 0.1) is 11.9 Å². The monoisotopic (exact) mass is 267 g/mol. The highest BCUT2D eigenvalue weighted by Gasteiger charge is 2.02. The number of hydrogen-bond acceptors (Lipinski definition) is 3. The molecule has 0 aliphatic heterocycles. The molecule has 4 heteroatoms. The summed E-state index contributed by atoms with van der Waals surface area (Å²) < 4.78 is 0. The quantitative estimate of drug-likeness (QED) is 0.708. The van der Waals surface area contributed by atoms with Crippen molar-refractivity contribution in [1.82, 2.24) is 15.2 Å². The van der Waals surface area contributed by atoms with Gasteiger partial charge in [-0.15, -0.1) is 5.10 Å². The van der Waals surface area contributed by atoms with E-state index in [0.29, 0.717) is 0 Å². The largest absolute Gasteiger partial charge is 0.243 e. The molecule has 3 rings (SSSR count). The van der Waals surface area contributed by atoms with E-state index in [1.165, 1.54) is 5.56 Å². The molecule has 92 valence electrons. The highest BCUT2D eigenvalue weighted by Crippen LogP contribution is 2.23. The zero-order valence-corrected chi connectivity index (χ0v) is 10.7. The highest BCUT2D eigenvalue weighted by molar-refractivity contribution is 6.28. The van der Waals surface area contributed by atoms with Crippen molar-refractivity contribution in [3.63, 3.8) is 0 Å². The second-order valence-electron chi connectivity index (χ2n) is 4.05. The van der Waals surface area contributed by atoms with E-state index in [2.05, 4.69) is 39.4 Å². The van der Waals surface area contributed by atoms with Crippen molar-refractivity contribution in [2.24, 2.45) is 0 Å². The predicted molar refractivity (Wildman–Crippen MR) is 75.7 cm³/mol. The molecule has 3 aromatic rings. The number of rotatable bonds is 2. The fourth-order valence-corrected chi connectivity index (χ4v) is 2.02. The van der Waals surface area contributed by atoms with Crippen LogP contribution >= 0.6 is 11.6 Å². The van der Waals surface area contributed by atoms with Gasteiger partial charge in [-0.25, -0.2) is 4.98 Å². The molecule has 0 saturated heterocycles. The summed E-state index contributed by atoms with van der Waals surface area (Å²) in [5, 5.41) is 7.59. The van der Waals surface area contributed by atoms with Crippen LogP contribution < -0.4 is 0 Å². The first-order chi connectivity index (χ1) is 9.33. The number of aromatic nitrogens is 3. The lowest BCUT2D eigenvalue weighted by Crippen LogP contribution is -1.90. The lowest BCUT2D eigenvalue weighted by atomic mass is 10.0. The molecule has 19 heavy (non-hydrogen) atoms. The van der Waals surface area contributed by atoms with Gasteiger partial charge in [-0.1, -0.05) is 54.6 Å². The molecule has 0 N–H and O–H groups in total. The molecule has 0 amide bonds. The first-order valence-corrected chi connectivity index (χ1v) is 6.22. The van der Waals surface area contributed by atoms with Crippen molar-refractivity contribution in [2.75, 3.05) is 0 Å². The van der Waals surface area contributed by atoms with E-state index in [4.69, 9.17) is 11.6 Å². The van der Waals surface area contributed by atoms with E-state index in [1.807, 2.05) is 30.3 Å². The second kappa shape index (κ2) is 5.16. The van der Waals surface area contributed by atoms with Gasteiger partial charge < -0.3 is 0 Å². The minimum Gasteiger partial charge on any atom is -0.215 e. The van der Waals surface area contributed by atoms with Gasteiger partial charge in [-0.3, -0.25) is 0 Å². The first-order valence-electron chi connectivity index (χ1n) is 5.84. The third kappa shape index (κ3) is 2.61. The Hall–Kier alpha value is -2.26. The maximum Gasteiger partial charge on any atom is 0.243 e. The van der Waals surface area contributed by atoms with Crippen LogP contribution in [-0.4, -0.2) is 15.2 Å². The van der Waals surface area contributed by atoms with Crippen LogP contribution in [0.3, 0.4) is 0 Å². The van der Waals surface area contributed by atoms with Crippen molar-refractivity contribution >= 4 is 11.6 Å². The van der Waals surface area contributed by atoms with Crippen LogP contribution in [0.1, 0.15) is 0 Å². The number of halogens is 1. The Labute approximate surface area is 115 Å². The molecular weight excluding hydrogens is 258 g/mol. The Bertz CT molecular complexity index is 681. The van der Waals surface area contributed by atoms with Crippen LogP contribution in [0.25, 0.3) is 22.4 Å². The first kappa shape index (κ1) is 11.8. The summed E-state index contributed by atoms with van der Waals surface area (Å²) in [5.74, 6) is 0. The molecule has 0 bridgehead atoms. The minimum absolute atomic E-state index is 0.157. The van der Waals surface area contributed by atoms with Gasteiger partial charge in [0.25, 0.3) is 0 Å². The molecule has 0 fully saturated rings. The van der Waals surface area contributed by atoms with Gasteiger partial charge in [0, 0.05) is 5.56 Å². The highest BCUT2D eigenvalue weighted by atomic mass is 35.5. The zero-order chi connectivity index (χ0) is 13.1. The van der Waals surface area contributed by atoms with Crippen LogP contribution in [0.4, 0.5) is 0 Å². The smallest absolute Gasteiger partial charge is 0.215 e. The van der Waals surface area contributed by atoms with Gasteiger partial charge >= 0.3 is 0 Å². The molecular formula is C15H10ClN3. The SMILES string of the molecule is Clc1nncc(-c2ccc(-c3ccccc3)cc2)n1. The second-order valence-corrected chi connectivity index (χ2v) is 4.39.